The summed E-state index contributed by atoms with van der Waals surface area (Å²) < 4.78 is 1.87. The summed E-state index contributed by atoms with van der Waals surface area (Å²) in [7, 11) is 1.90. The lowest BCUT2D eigenvalue weighted by atomic mass is 10.1. The van der Waals surface area contributed by atoms with Crippen molar-refractivity contribution >= 4 is 5.91 Å². The highest BCUT2D eigenvalue weighted by Crippen LogP contribution is 1.99. The first kappa shape index (κ1) is 12.3. The maximum Gasteiger partial charge on any atom is 0.257 e. The summed E-state index contributed by atoms with van der Waals surface area (Å²) >= 11 is 0. The van der Waals surface area contributed by atoms with Crippen molar-refractivity contribution in [2.45, 2.75) is 6.42 Å². The van der Waals surface area contributed by atoms with Gasteiger partial charge in [-0.05, 0) is 18.1 Å². The van der Waals surface area contributed by atoms with Crippen LogP contribution in [0.3, 0.4) is 0 Å². The Morgan fingerprint density at radius 3 is 2.67 bits per heavy atom. The first-order chi connectivity index (χ1) is 8.75. The number of aromatic nitrogens is 1. The van der Waals surface area contributed by atoms with Gasteiger partial charge in [-0.3, -0.25) is 4.79 Å². The van der Waals surface area contributed by atoms with Crippen LogP contribution in [0.4, 0.5) is 0 Å². The zero-order valence-electron chi connectivity index (χ0n) is 10.5. The van der Waals surface area contributed by atoms with Crippen molar-refractivity contribution in [2.24, 2.45) is 7.05 Å². The van der Waals surface area contributed by atoms with Crippen LogP contribution in [0.15, 0.2) is 54.9 Å². The highest BCUT2D eigenvalue weighted by Gasteiger charge is 2.07. The van der Waals surface area contributed by atoms with Gasteiger partial charge in [-0.1, -0.05) is 30.3 Å². The Labute approximate surface area is 107 Å². The molecule has 92 valence electrons. The van der Waals surface area contributed by atoms with E-state index in [1.807, 2.05) is 54.3 Å². The largest absolute Gasteiger partial charge is 0.352 e. The molecule has 1 aromatic heterocycles. The van der Waals surface area contributed by atoms with E-state index in [1.165, 1.54) is 5.56 Å². The van der Waals surface area contributed by atoms with Crippen molar-refractivity contribution in [3.8, 4) is 0 Å². The molecule has 0 aliphatic rings. The van der Waals surface area contributed by atoms with Crippen LogP contribution in [-0.2, 0) is 13.5 Å². The van der Waals surface area contributed by atoms with Crippen LogP contribution in [-0.4, -0.2) is 12.5 Å². The molecule has 1 amide bonds. The molecular formula is C15H17N2O+. The molecule has 0 saturated carbocycles. The first-order valence-corrected chi connectivity index (χ1v) is 6.03. The van der Waals surface area contributed by atoms with Crippen LogP contribution in [0.5, 0.6) is 0 Å². The van der Waals surface area contributed by atoms with Crippen molar-refractivity contribution in [3.05, 3.63) is 66.0 Å². The number of benzene rings is 1. The van der Waals surface area contributed by atoms with Crippen LogP contribution >= 0.6 is 0 Å². The quantitative estimate of drug-likeness (QED) is 0.808. The Balaban J connectivity index is 1.86. The van der Waals surface area contributed by atoms with Gasteiger partial charge in [0.25, 0.3) is 5.91 Å². The molecule has 0 atom stereocenters. The highest BCUT2D eigenvalue weighted by molar-refractivity contribution is 5.93. The molecule has 18 heavy (non-hydrogen) atoms. The molecule has 1 N–H and O–H groups in total. The van der Waals surface area contributed by atoms with Gasteiger partial charge in [0.15, 0.2) is 12.4 Å². The third-order valence-corrected chi connectivity index (χ3v) is 2.74. The Hall–Kier alpha value is -2.16. The lowest BCUT2D eigenvalue weighted by Gasteiger charge is -2.04. The average Bonchev–Trinajstić information content (AvgIpc) is 2.40. The Kier molecular flexibility index (Phi) is 4.07. The topological polar surface area (TPSA) is 33.0 Å². The summed E-state index contributed by atoms with van der Waals surface area (Å²) in [6, 6.07) is 13.8. The molecule has 0 spiro atoms. The number of nitrogens with one attached hydrogen (secondary N) is 1. The zero-order valence-corrected chi connectivity index (χ0v) is 10.5. The highest BCUT2D eigenvalue weighted by atomic mass is 16.1. The van der Waals surface area contributed by atoms with Crippen LogP contribution < -0.4 is 9.88 Å². The summed E-state index contributed by atoms with van der Waals surface area (Å²) in [5.41, 5.74) is 1.92. The van der Waals surface area contributed by atoms with E-state index in [9.17, 15) is 4.79 Å². The second kappa shape index (κ2) is 5.96. The molecule has 2 aromatic rings. The minimum absolute atomic E-state index is 0.0258. The molecule has 0 aliphatic carbocycles. The molecule has 0 bridgehead atoms. The molecule has 1 heterocycles. The maximum absolute atomic E-state index is 11.9. The van der Waals surface area contributed by atoms with Gasteiger partial charge in [0.2, 0.25) is 0 Å². The van der Waals surface area contributed by atoms with Crippen LogP contribution in [0, 0.1) is 0 Å². The maximum atomic E-state index is 11.9. The second-order valence-electron chi connectivity index (χ2n) is 4.25. The molecular weight excluding hydrogens is 224 g/mol. The average molecular weight is 241 g/mol. The Bertz CT molecular complexity index is 523. The summed E-state index contributed by atoms with van der Waals surface area (Å²) in [5.74, 6) is -0.0258. The SMILES string of the molecule is C[n+]1cccc(C(=O)NCCc2ccccc2)c1. The van der Waals surface area contributed by atoms with E-state index in [0.29, 0.717) is 12.1 Å². The van der Waals surface area contributed by atoms with Gasteiger partial charge in [0, 0.05) is 12.6 Å². The van der Waals surface area contributed by atoms with Gasteiger partial charge in [-0.15, -0.1) is 0 Å². The van der Waals surface area contributed by atoms with E-state index in [2.05, 4.69) is 17.4 Å². The predicted octanol–water partition coefficient (Wildman–Crippen LogP) is 1.48. The van der Waals surface area contributed by atoms with E-state index >= 15 is 0 Å². The van der Waals surface area contributed by atoms with E-state index < -0.39 is 0 Å². The van der Waals surface area contributed by atoms with Crippen molar-refractivity contribution in [1.29, 1.82) is 0 Å². The molecule has 2 rings (SSSR count). The van der Waals surface area contributed by atoms with Gasteiger partial charge in [-0.2, -0.15) is 0 Å². The first-order valence-electron chi connectivity index (χ1n) is 6.03. The standard InChI is InChI=1S/C15H16N2O/c1-17-11-5-8-14(12-17)15(18)16-10-9-13-6-3-2-4-7-13/h2-8,11-12H,9-10H2,1H3/p+1. The molecule has 0 radical (unpaired) electrons. The lowest BCUT2D eigenvalue weighted by Crippen LogP contribution is -2.31. The summed E-state index contributed by atoms with van der Waals surface area (Å²) in [6.07, 6.45) is 4.57. The third-order valence-electron chi connectivity index (χ3n) is 2.74. The van der Waals surface area contributed by atoms with E-state index in [-0.39, 0.29) is 5.91 Å². The summed E-state index contributed by atoms with van der Waals surface area (Å²) in [4.78, 5) is 11.9. The molecule has 3 nitrogen and oxygen atoms in total. The molecule has 0 unspecified atom stereocenters. The van der Waals surface area contributed by atoms with Crippen molar-refractivity contribution in [2.75, 3.05) is 6.54 Å². The number of amides is 1. The van der Waals surface area contributed by atoms with E-state index in [1.54, 1.807) is 0 Å². The molecule has 0 saturated heterocycles. The van der Waals surface area contributed by atoms with Gasteiger partial charge < -0.3 is 5.32 Å². The van der Waals surface area contributed by atoms with E-state index in [0.717, 1.165) is 6.42 Å². The minimum atomic E-state index is -0.0258. The minimum Gasteiger partial charge on any atom is -0.352 e. The number of hydrogen-bond acceptors (Lipinski definition) is 1. The Morgan fingerprint density at radius 1 is 1.17 bits per heavy atom. The number of carbonyl (C=O) groups is 1. The van der Waals surface area contributed by atoms with Crippen LogP contribution in [0.1, 0.15) is 15.9 Å². The summed E-state index contributed by atoms with van der Waals surface area (Å²) in [6.45, 7) is 0.654. The summed E-state index contributed by atoms with van der Waals surface area (Å²) in [5, 5.41) is 2.92. The van der Waals surface area contributed by atoms with Gasteiger partial charge in [-0.25, -0.2) is 4.57 Å². The fourth-order valence-electron chi connectivity index (χ4n) is 1.79. The van der Waals surface area contributed by atoms with E-state index in [4.69, 9.17) is 0 Å². The molecule has 0 fully saturated rings. The lowest BCUT2D eigenvalue weighted by molar-refractivity contribution is -0.671. The second-order valence-corrected chi connectivity index (χ2v) is 4.25. The Morgan fingerprint density at radius 2 is 1.94 bits per heavy atom. The predicted molar refractivity (Wildman–Crippen MR) is 70.1 cm³/mol. The van der Waals surface area contributed by atoms with Crippen LogP contribution in [0.2, 0.25) is 0 Å². The number of rotatable bonds is 4. The number of carbonyl (C=O) groups excluding carboxylic acids is 1. The fraction of sp³-hybridized carbons (Fsp3) is 0.200. The van der Waals surface area contributed by atoms with Gasteiger partial charge in [0.05, 0.1) is 0 Å². The number of aryl methyl sites for hydroxylation is 1. The monoisotopic (exact) mass is 241 g/mol. The smallest absolute Gasteiger partial charge is 0.257 e. The molecule has 1 aromatic carbocycles. The zero-order chi connectivity index (χ0) is 12.8. The van der Waals surface area contributed by atoms with Gasteiger partial charge >= 0.3 is 0 Å². The normalized spacial score (nSPS) is 10.1. The number of hydrogen-bond donors (Lipinski definition) is 1. The molecule has 3 heteroatoms. The van der Waals surface area contributed by atoms with Crippen LogP contribution in [0.25, 0.3) is 0 Å². The van der Waals surface area contributed by atoms with Gasteiger partial charge in [0.1, 0.15) is 12.6 Å². The van der Waals surface area contributed by atoms with Crippen molar-refractivity contribution in [1.82, 2.24) is 5.32 Å². The third kappa shape index (κ3) is 3.42. The number of pyridine rings is 1. The van der Waals surface area contributed by atoms with Crippen molar-refractivity contribution < 1.29 is 9.36 Å². The van der Waals surface area contributed by atoms with Crippen molar-refractivity contribution in [3.63, 3.8) is 0 Å². The number of nitrogens with zero attached hydrogens (tertiary/aromatic N) is 1. The molecule has 0 aliphatic heterocycles. The fourth-order valence-corrected chi connectivity index (χ4v) is 1.79.